The van der Waals surface area contributed by atoms with Gasteiger partial charge in [0, 0.05) is 11.6 Å². The zero-order valence-corrected chi connectivity index (χ0v) is 24.3. The second-order valence-electron chi connectivity index (χ2n) is 11.4. The lowest BCUT2D eigenvalue weighted by atomic mass is 9.92. The van der Waals surface area contributed by atoms with Gasteiger partial charge in [-0.15, -0.1) is 6.58 Å². The molecule has 2 aliphatic rings. The Morgan fingerprint density at radius 3 is 2.38 bits per heavy atom. The summed E-state index contributed by atoms with van der Waals surface area (Å²) >= 11 is 6.05. The minimum atomic E-state index is 0.444. The predicted molar refractivity (Wildman–Crippen MR) is 163 cm³/mol. The van der Waals surface area contributed by atoms with Crippen molar-refractivity contribution < 1.29 is 4.74 Å². The Kier molecular flexibility index (Phi) is 10.4. The van der Waals surface area contributed by atoms with Crippen molar-refractivity contribution in [2.75, 3.05) is 39.3 Å². The Balaban J connectivity index is 1.13. The average Bonchev–Trinajstić information content (AvgIpc) is 3.33. The lowest BCUT2D eigenvalue weighted by Gasteiger charge is -2.33. The number of likely N-dealkylation sites (tertiary alicyclic amines) is 2. The molecule has 1 aromatic heterocycles. The Morgan fingerprint density at radius 2 is 1.64 bits per heavy atom. The molecule has 6 heteroatoms. The highest BCUT2D eigenvalue weighted by Gasteiger charge is 2.20. The second kappa shape index (κ2) is 14.3. The first-order valence-electron chi connectivity index (χ1n) is 15.1. The van der Waals surface area contributed by atoms with Gasteiger partial charge in [-0.05, 0) is 132 Å². The molecule has 3 aromatic rings. The molecule has 0 atom stereocenters. The van der Waals surface area contributed by atoms with E-state index in [0.29, 0.717) is 11.6 Å². The van der Waals surface area contributed by atoms with E-state index in [0.717, 1.165) is 36.0 Å². The molecule has 5 nitrogen and oxygen atoms in total. The molecule has 0 amide bonds. The molecule has 0 aliphatic carbocycles. The smallest absolute Gasteiger partial charge is 0.148 e. The van der Waals surface area contributed by atoms with Crippen LogP contribution in [-0.4, -0.2) is 58.6 Å². The molecule has 0 radical (unpaired) electrons. The van der Waals surface area contributed by atoms with Gasteiger partial charge in [-0.3, -0.25) is 0 Å². The summed E-state index contributed by atoms with van der Waals surface area (Å²) in [5, 5.41) is 0.715. The molecule has 5 rings (SSSR count). The zero-order chi connectivity index (χ0) is 26.9. The highest BCUT2D eigenvalue weighted by molar-refractivity contribution is 6.30. The number of piperidine rings is 2. The van der Waals surface area contributed by atoms with Gasteiger partial charge in [0.05, 0.1) is 11.0 Å². The van der Waals surface area contributed by atoms with Crippen LogP contribution < -0.4 is 4.74 Å². The summed E-state index contributed by atoms with van der Waals surface area (Å²) < 4.78 is 8.51. The monoisotopic (exact) mass is 548 g/mol. The van der Waals surface area contributed by atoms with Crippen LogP contribution in [0.15, 0.2) is 55.1 Å². The van der Waals surface area contributed by atoms with E-state index >= 15 is 0 Å². The average molecular weight is 549 g/mol. The van der Waals surface area contributed by atoms with E-state index in [1.807, 2.05) is 30.3 Å². The number of imidazole rings is 1. The van der Waals surface area contributed by atoms with E-state index < -0.39 is 0 Å². The van der Waals surface area contributed by atoms with Crippen molar-refractivity contribution in [2.45, 2.75) is 70.9 Å². The van der Waals surface area contributed by atoms with E-state index in [9.17, 15) is 0 Å². The first-order valence-corrected chi connectivity index (χ1v) is 15.5. The molecule has 0 unspecified atom stereocenters. The van der Waals surface area contributed by atoms with Crippen molar-refractivity contribution in [2.24, 2.45) is 5.92 Å². The van der Waals surface area contributed by atoms with Gasteiger partial charge in [0.15, 0.2) is 0 Å². The molecule has 0 saturated carbocycles. The number of hydrogen-bond donors (Lipinski definition) is 0. The summed E-state index contributed by atoms with van der Waals surface area (Å²) in [7, 11) is 0. The summed E-state index contributed by atoms with van der Waals surface area (Å²) in [6.45, 7) is 13.1. The number of fused-ring (bicyclic) bond motifs is 1. The van der Waals surface area contributed by atoms with Crippen molar-refractivity contribution in [1.82, 2.24) is 19.4 Å². The maximum atomic E-state index is 6.13. The fraction of sp³-hybridized carbons (Fsp3) is 0.545. The van der Waals surface area contributed by atoms with Gasteiger partial charge in [-0.2, -0.15) is 0 Å². The van der Waals surface area contributed by atoms with Crippen LogP contribution in [0.2, 0.25) is 5.02 Å². The molecule has 2 saturated heterocycles. The maximum absolute atomic E-state index is 6.13. The second-order valence-corrected chi connectivity index (χ2v) is 11.8. The lowest BCUT2D eigenvalue weighted by molar-refractivity contribution is 0.159. The number of nitrogens with zero attached hydrogens (tertiary/aromatic N) is 4. The Bertz CT molecular complexity index is 1180. The maximum Gasteiger partial charge on any atom is 0.148 e. The van der Waals surface area contributed by atoms with E-state index in [2.05, 4.69) is 39.1 Å². The van der Waals surface area contributed by atoms with Gasteiger partial charge in [-0.1, -0.05) is 36.2 Å². The Morgan fingerprint density at radius 1 is 0.897 bits per heavy atom. The van der Waals surface area contributed by atoms with Crippen molar-refractivity contribution in [3.05, 3.63) is 71.5 Å². The first-order chi connectivity index (χ1) is 19.2. The van der Waals surface area contributed by atoms with Gasteiger partial charge in [0.25, 0.3) is 0 Å². The molecule has 210 valence electrons. The van der Waals surface area contributed by atoms with Gasteiger partial charge >= 0.3 is 0 Å². The highest BCUT2D eigenvalue weighted by Crippen LogP contribution is 2.26. The fourth-order valence-electron chi connectivity index (χ4n) is 6.35. The van der Waals surface area contributed by atoms with Gasteiger partial charge in [0.2, 0.25) is 0 Å². The SMILES string of the molecule is C=CCc1cccc2c1nc(COc1ccc(Cl)cc1)n2CCCC1CCN(CCCN2CCCCC2)CC1. The van der Waals surface area contributed by atoms with Gasteiger partial charge < -0.3 is 19.1 Å². The zero-order valence-electron chi connectivity index (χ0n) is 23.5. The minimum absolute atomic E-state index is 0.444. The molecular formula is C33H45ClN4O. The Hall–Kier alpha value is -2.34. The van der Waals surface area contributed by atoms with Crippen molar-refractivity contribution >= 4 is 22.6 Å². The fourth-order valence-corrected chi connectivity index (χ4v) is 6.48. The third-order valence-electron chi connectivity index (χ3n) is 8.59. The van der Waals surface area contributed by atoms with Gasteiger partial charge in [-0.25, -0.2) is 4.98 Å². The van der Waals surface area contributed by atoms with Crippen molar-refractivity contribution in [3.63, 3.8) is 0 Å². The van der Waals surface area contributed by atoms with Crippen LogP contribution in [0, 0.1) is 5.92 Å². The minimum Gasteiger partial charge on any atom is -0.486 e. The van der Waals surface area contributed by atoms with Crippen LogP contribution in [0.4, 0.5) is 0 Å². The number of hydrogen-bond acceptors (Lipinski definition) is 4. The van der Waals surface area contributed by atoms with Crippen LogP contribution in [0.5, 0.6) is 5.75 Å². The standard InChI is InChI=1S/C33H45ClN4O/c1-2-9-28-11-6-12-31-33(28)35-32(26-39-30-15-13-29(34)14-16-30)38(31)23-7-10-27-17-24-37(25-18-27)22-8-21-36-19-4-3-5-20-36/h2,6,11-16,27H,1,3-5,7-10,17-26H2. The Labute approximate surface area is 239 Å². The van der Waals surface area contributed by atoms with Crippen LogP contribution in [0.1, 0.15) is 62.8 Å². The topological polar surface area (TPSA) is 33.5 Å². The molecule has 2 aromatic carbocycles. The highest BCUT2D eigenvalue weighted by atomic mass is 35.5. The molecule has 0 bridgehead atoms. The van der Waals surface area contributed by atoms with Crippen molar-refractivity contribution in [1.29, 1.82) is 0 Å². The summed E-state index contributed by atoms with van der Waals surface area (Å²) in [4.78, 5) is 10.4. The van der Waals surface area contributed by atoms with Crippen molar-refractivity contribution in [3.8, 4) is 5.75 Å². The summed E-state index contributed by atoms with van der Waals surface area (Å²) in [6.07, 6.45) is 13.5. The number of allylic oxidation sites excluding steroid dienone is 1. The van der Waals surface area contributed by atoms with Crippen LogP contribution in [0.25, 0.3) is 11.0 Å². The number of rotatable bonds is 13. The largest absolute Gasteiger partial charge is 0.486 e. The first kappa shape index (κ1) is 28.2. The summed E-state index contributed by atoms with van der Waals surface area (Å²) in [6, 6.07) is 14.1. The molecule has 39 heavy (non-hydrogen) atoms. The normalized spacial score (nSPS) is 17.6. The number of aryl methyl sites for hydroxylation is 1. The third-order valence-corrected chi connectivity index (χ3v) is 8.84. The molecular weight excluding hydrogens is 504 g/mol. The van der Waals surface area contributed by atoms with E-state index in [1.165, 1.54) is 102 Å². The molecule has 0 spiro atoms. The molecule has 0 N–H and O–H groups in total. The molecule has 3 heterocycles. The number of halogens is 1. The predicted octanol–water partition coefficient (Wildman–Crippen LogP) is 7.37. The number of benzene rings is 2. The molecule has 2 aliphatic heterocycles. The molecule has 2 fully saturated rings. The third kappa shape index (κ3) is 7.87. The van der Waals surface area contributed by atoms with Gasteiger partial charge in [0.1, 0.15) is 18.2 Å². The summed E-state index contributed by atoms with van der Waals surface area (Å²) in [5.41, 5.74) is 3.50. The van der Waals surface area contributed by atoms with E-state index in [1.54, 1.807) is 0 Å². The summed E-state index contributed by atoms with van der Waals surface area (Å²) in [5.74, 6) is 2.63. The quantitative estimate of drug-likeness (QED) is 0.209. The number of aromatic nitrogens is 2. The number of ether oxygens (including phenoxy) is 1. The van der Waals surface area contributed by atoms with Crippen LogP contribution in [-0.2, 0) is 19.6 Å². The van der Waals surface area contributed by atoms with Crippen LogP contribution >= 0.6 is 11.6 Å². The lowest BCUT2D eigenvalue weighted by Crippen LogP contribution is -2.37. The number of para-hydroxylation sites is 1. The van der Waals surface area contributed by atoms with Crippen LogP contribution in [0.3, 0.4) is 0 Å². The van der Waals surface area contributed by atoms with E-state index in [4.69, 9.17) is 21.3 Å². The van der Waals surface area contributed by atoms with E-state index in [-0.39, 0.29) is 0 Å².